The largest absolute Gasteiger partial charge is 0.465 e. The summed E-state index contributed by atoms with van der Waals surface area (Å²) in [5.74, 6) is 3.03. The maximum Gasteiger partial charge on any atom is 0.312 e. The summed E-state index contributed by atoms with van der Waals surface area (Å²) in [5, 5.41) is 28.9. The van der Waals surface area contributed by atoms with Gasteiger partial charge in [-0.1, -0.05) is 72.2 Å². The topological polar surface area (TPSA) is 113 Å². The molecule has 0 saturated heterocycles. The first-order valence-corrected chi connectivity index (χ1v) is 18.9. The van der Waals surface area contributed by atoms with Crippen LogP contribution in [0.2, 0.25) is 0 Å². The summed E-state index contributed by atoms with van der Waals surface area (Å²) in [6.45, 7) is 18.4. The van der Waals surface area contributed by atoms with Gasteiger partial charge in [-0.3, -0.25) is 4.79 Å². The summed E-state index contributed by atoms with van der Waals surface area (Å²) in [6, 6.07) is 7.98. The summed E-state index contributed by atoms with van der Waals surface area (Å²) in [6.07, 6.45) is 12.7. The van der Waals surface area contributed by atoms with Crippen LogP contribution in [0, 0.1) is 56.7 Å². The monoisotopic (exact) mass is 657 g/mol. The second-order valence-electron chi connectivity index (χ2n) is 17.9. The lowest BCUT2D eigenvalue weighted by atomic mass is 9.33. The van der Waals surface area contributed by atoms with E-state index in [1.54, 1.807) is 5.57 Å². The van der Waals surface area contributed by atoms with Crippen LogP contribution in [0.15, 0.2) is 35.9 Å². The maximum absolute atomic E-state index is 14.4. The van der Waals surface area contributed by atoms with Crippen molar-refractivity contribution in [1.82, 2.24) is 20.6 Å². The van der Waals surface area contributed by atoms with Crippen molar-refractivity contribution < 1.29 is 14.6 Å². The van der Waals surface area contributed by atoms with Crippen LogP contribution in [0.4, 0.5) is 5.69 Å². The zero-order chi connectivity index (χ0) is 34.1. The van der Waals surface area contributed by atoms with E-state index in [2.05, 4.69) is 80.5 Å². The second kappa shape index (κ2) is 11.9. The molecule has 5 aliphatic rings. The number of nitrogens with zero attached hydrogens (tertiary/aromatic N) is 3. The van der Waals surface area contributed by atoms with E-state index in [-0.39, 0.29) is 39.7 Å². The molecule has 7 rings (SSSR count). The number of aliphatic hydroxyl groups excluding tert-OH is 1. The first kappa shape index (κ1) is 33.7. The molecule has 0 radical (unpaired) electrons. The number of benzene rings is 1. The van der Waals surface area contributed by atoms with Gasteiger partial charge in [0.25, 0.3) is 0 Å². The number of ether oxygens (including phenoxy) is 1. The highest BCUT2D eigenvalue weighted by molar-refractivity contribution is 5.79. The third kappa shape index (κ3) is 4.92. The first-order chi connectivity index (χ1) is 22.8. The fourth-order valence-electron chi connectivity index (χ4n) is 12.5. The Morgan fingerprint density at radius 3 is 2.60 bits per heavy atom. The predicted molar refractivity (Wildman–Crippen MR) is 189 cm³/mol. The van der Waals surface area contributed by atoms with Crippen LogP contribution in [-0.4, -0.2) is 51.0 Å². The van der Waals surface area contributed by atoms with E-state index in [1.165, 1.54) is 12.8 Å². The summed E-state index contributed by atoms with van der Waals surface area (Å²) in [7, 11) is 0. The second-order valence-corrected chi connectivity index (χ2v) is 17.9. The first-order valence-electron chi connectivity index (χ1n) is 18.9. The van der Waals surface area contributed by atoms with Crippen molar-refractivity contribution in [2.24, 2.45) is 56.7 Å². The van der Waals surface area contributed by atoms with Crippen molar-refractivity contribution in [3.63, 3.8) is 0 Å². The van der Waals surface area contributed by atoms with E-state index in [9.17, 15) is 9.90 Å². The van der Waals surface area contributed by atoms with Crippen molar-refractivity contribution in [3.05, 3.63) is 35.9 Å². The normalized spacial score (nSPS) is 41.5. The number of carbonyl (C=O) groups is 1. The lowest BCUT2D eigenvalue weighted by Gasteiger charge is -2.71. The van der Waals surface area contributed by atoms with Crippen LogP contribution >= 0.6 is 0 Å². The highest BCUT2D eigenvalue weighted by Gasteiger charge is 2.69. The summed E-state index contributed by atoms with van der Waals surface area (Å²) < 4.78 is 6.25. The molecule has 0 aliphatic heterocycles. The van der Waals surface area contributed by atoms with E-state index in [4.69, 9.17) is 4.74 Å². The molecule has 3 N–H and O–H groups in total. The van der Waals surface area contributed by atoms with Crippen molar-refractivity contribution in [2.75, 3.05) is 18.5 Å². The van der Waals surface area contributed by atoms with Gasteiger partial charge in [0.05, 0.1) is 18.1 Å². The SMILES string of the molecule is C[C@H]1[C@H](C)CC[C@]2(C(=O)OCCCNc3cccc(-c4nn[nH]n4)c3)CC[C@]3(C)C(=CC[C@@H]4[C@@]5(C)CC[C@H](O)C(C)(C)[C@@H]5CC[C@]43C)[C@H]12. The number of aromatic amines is 1. The molecule has 4 fully saturated rings. The van der Waals surface area contributed by atoms with Crippen LogP contribution in [0.3, 0.4) is 0 Å². The molecule has 0 unspecified atom stereocenters. The van der Waals surface area contributed by atoms with Gasteiger partial charge < -0.3 is 15.2 Å². The Morgan fingerprint density at radius 1 is 1.02 bits per heavy atom. The van der Waals surface area contributed by atoms with Crippen molar-refractivity contribution in [2.45, 2.75) is 119 Å². The number of aliphatic hydroxyl groups is 1. The molecule has 1 heterocycles. The summed E-state index contributed by atoms with van der Waals surface area (Å²) in [4.78, 5) is 14.4. The standard InChI is InChI=1S/C40H59N5O3/c1-25-14-19-40(35(47)48-23-9-22-41-28-11-8-10-27(24-28)34-42-44-45-43-34)21-20-38(6)29(33(40)26(25)2)12-13-31-37(5)17-16-32(46)36(3,4)30(37)15-18-39(31,38)7/h8,10-12,24-26,30-33,41,46H,9,13-23H2,1-7H3,(H,42,43,44,45)/t25-,26+,30+,31-,32+,33+,37+,38-,39-,40+/m1/s1. The Hall–Kier alpha value is -2.74. The smallest absolute Gasteiger partial charge is 0.312 e. The highest BCUT2D eigenvalue weighted by Crippen LogP contribution is 2.75. The minimum Gasteiger partial charge on any atom is -0.465 e. The molecular formula is C40H59N5O3. The molecule has 0 amide bonds. The number of hydrogen-bond acceptors (Lipinski definition) is 7. The fourth-order valence-corrected chi connectivity index (χ4v) is 12.5. The van der Waals surface area contributed by atoms with Gasteiger partial charge in [0, 0.05) is 17.8 Å². The number of allylic oxidation sites excluding steroid dienone is 2. The number of aromatic nitrogens is 4. The van der Waals surface area contributed by atoms with E-state index < -0.39 is 5.41 Å². The molecule has 1 aromatic carbocycles. The molecule has 1 aromatic heterocycles. The van der Waals surface area contributed by atoms with Crippen LogP contribution in [0.5, 0.6) is 0 Å². The van der Waals surface area contributed by atoms with E-state index in [0.717, 1.165) is 62.6 Å². The molecule has 48 heavy (non-hydrogen) atoms. The van der Waals surface area contributed by atoms with Gasteiger partial charge in [0.2, 0.25) is 5.82 Å². The van der Waals surface area contributed by atoms with Crippen molar-refractivity contribution >= 4 is 11.7 Å². The Kier molecular flexibility index (Phi) is 8.40. The van der Waals surface area contributed by atoms with E-state index in [0.29, 0.717) is 42.6 Å². The molecule has 4 saturated carbocycles. The molecule has 262 valence electrons. The van der Waals surface area contributed by atoms with Gasteiger partial charge in [-0.15, -0.1) is 10.2 Å². The van der Waals surface area contributed by atoms with Crippen molar-refractivity contribution in [1.29, 1.82) is 0 Å². The number of rotatable bonds is 7. The molecule has 0 bridgehead atoms. The lowest BCUT2D eigenvalue weighted by molar-refractivity contribution is -0.207. The number of esters is 1. The molecular weight excluding hydrogens is 598 g/mol. The van der Waals surface area contributed by atoms with Crippen LogP contribution < -0.4 is 5.32 Å². The van der Waals surface area contributed by atoms with Crippen molar-refractivity contribution in [3.8, 4) is 11.4 Å². The van der Waals surface area contributed by atoms with Gasteiger partial charge in [0.15, 0.2) is 0 Å². The lowest BCUT2D eigenvalue weighted by Crippen LogP contribution is -2.65. The van der Waals surface area contributed by atoms with E-state index in [1.807, 2.05) is 24.3 Å². The number of hydrogen-bond donors (Lipinski definition) is 3. The van der Waals surface area contributed by atoms with Gasteiger partial charge in [-0.05, 0) is 133 Å². The Balaban J connectivity index is 1.08. The zero-order valence-electron chi connectivity index (χ0n) is 30.4. The highest BCUT2D eigenvalue weighted by atomic mass is 16.5. The Bertz CT molecular complexity index is 1540. The Morgan fingerprint density at radius 2 is 1.83 bits per heavy atom. The third-order valence-electron chi connectivity index (χ3n) is 15.7. The predicted octanol–water partition coefficient (Wildman–Crippen LogP) is 8.23. The summed E-state index contributed by atoms with van der Waals surface area (Å²) >= 11 is 0. The quantitative estimate of drug-likeness (QED) is 0.156. The van der Waals surface area contributed by atoms with Gasteiger partial charge >= 0.3 is 5.97 Å². The number of carbonyl (C=O) groups excluding carboxylic acids is 1. The third-order valence-corrected chi connectivity index (χ3v) is 15.7. The number of tetrazole rings is 1. The number of anilines is 1. The molecule has 8 heteroatoms. The van der Waals surface area contributed by atoms with Gasteiger partial charge in [0.1, 0.15) is 0 Å². The van der Waals surface area contributed by atoms with Gasteiger partial charge in [-0.25, -0.2) is 0 Å². The molecule has 5 aliphatic carbocycles. The van der Waals surface area contributed by atoms with Crippen LogP contribution in [0.25, 0.3) is 11.4 Å². The number of fused-ring (bicyclic) bond motifs is 7. The Labute approximate surface area is 287 Å². The van der Waals surface area contributed by atoms with Crippen LogP contribution in [0.1, 0.15) is 113 Å². The minimum absolute atomic E-state index is 0.0410. The van der Waals surface area contributed by atoms with E-state index >= 15 is 0 Å². The summed E-state index contributed by atoms with van der Waals surface area (Å²) in [5.41, 5.74) is 3.48. The minimum atomic E-state index is -0.426. The average molecular weight is 658 g/mol. The maximum atomic E-state index is 14.4. The van der Waals surface area contributed by atoms with Gasteiger partial charge in [-0.2, -0.15) is 5.21 Å². The average Bonchev–Trinajstić information content (AvgIpc) is 3.60. The number of H-pyrrole nitrogens is 1. The fraction of sp³-hybridized carbons (Fsp3) is 0.750. The molecule has 0 spiro atoms. The molecule has 10 atom stereocenters. The zero-order valence-corrected chi connectivity index (χ0v) is 30.4. The number of nitrogens with one attached hydrogen (secondary N) is 2. The molecule has 8 nitrogen and oxygen atoms in total. The van der Waals surface area contributed by atoms with Crippen LogP contribution in [-0.2, 0) is 9.53 Å². The molecule has 2 aromatic rings.